The summed E-state index contributed by atoms with van der Waals surface area (Å²) in [6.45, 7) is 5.90. The van der Waals surface area contributed by atoms with Crippen LogP contribution < -0.4 is 14.4 Å². The van der Waals surface area contributed by atoms with E-state index in [1.807, 2.05) is 32.9 Å². The summed E-state index contributed by atoms with van der Waals surface area (Å²) in [5.41, 5.74) is 3.50. The number of aryl methyl sites for hydroxylation is 1. The molecule has 0 radical (unpaired) electrons. The molecule has 0 atom stereocenters. The van der Waals surface area contributed by atoms with Crippen LogP contribution in [-0.4, -0.2) is 27.5 Å². The molecular weight excluding hydrogens is 424 g/mol. The van der Waals surface area contributed by atoms with E-state index >= 15 is 0 Å². The molecule has 1 amide bonds. The molecule has 0 aliphatic heterocycles. The third-order valence-corrected chi connectivity index (χ3v) is 6.80. The number of rotatable bonds is 9. The number of hydrogen-bond donors (Lipinski definition) is 1. The van der Waals surface area contributed by atoms with Crippen molar-refractivity contribution in [1.82, 2.24) is 0 Å². The summed E-state index contributed by atoms with van der Waals surface area (Å²) in [6.07, 6.45) is 0. The van der Waals surface area contributed by atoms with Gasteiger partial charge in [0.15, 0.2) is 0 Å². The van der Waals surface area contributed by atoms with Gasteiger partial charge in [-0.2, -0.15) is 0 Å². The first-order chi connectivity index (χ1) is 15.3. The zero-order chi connectivity index (χ0) is 23.1. The first-order valence-electron chi connectivity index (χ1n) is 10.4. The van der Waals surface area contributed by atoms with Gasteiger partial charge in [-0.05, 0) is 67.8 Å². The molecular formula is C25H28N2O4S. The molecule has 0 unspecified atom stereocenters. The fourth-order valence-corrected chi connectivity index (χ4v) is 4.91. The van der Waals surface area contributed by atoms with Crippen LogP contribution in [0.5, 0.6) is 5.75 Å². The number of sulfonamides is 1. The summed E-state index contributed by atoms with van der Waals surface area (Å²) < 4.78 is 33.4. The number of ether oxygens (including phenoxy) is 1. The minimum Gasteiger partial charge on any atom is -0.494 e. The van der Waals surface area contributed by atoms with E-state index in [1.165, 1.54) is 4.31 Å². The Labute approximate surface area is 189 Å². The van der Waals surface area contributed by atoms with Crippen LogP contribution in [0.15, 0.2) is 72.8 Å². The molecule has 0 aliphatic carbocycles. The maximum absolute atomic E-state index is 13.4. The van der Waals surface area contributed by atoms with Gasteiger partial charge in [0.25, 0.3) is 0 Å². The molecule has 7 heteroatoms. The Balaban J connectivity index is 1.87. The van der Waals surface area contributed by atoms with E-state index in [-0.39, 0.29) is 12.3 Å². The third kappa shape index (κ3) is 5.88. The molecule has 6 nitrogen and oxygen atoms in total. The van der Waals surface area contributed by atoms with Crippen LogP contribution >= 0.6 is 0 Å². The van der Waals surface area contributed by atoms with Gasteiger partial charge in [0, 0.05) is 5.69 Å². The highest BCUT2D eigenvalue weighted by atomic mass is 32.2. The Morgan fingerprint density at radius 1 is 0.938 bits per heavy atom. The smallest absolute Gasteiger partial charge is 0.245 e. The predicted molar refractivity (Wildman–Crippen MR) is 129 cm³/mol. The fraction of sp³-hybridized carbons (Fsp3) is 0.240. The van der Waals surface area contributed by atoms with Crippen LogP contribution in [0.25, 0.3) is 0 Å². The standard InChI is InChI=1S/C25H28N2O4S/c1-4-31-23-15-13-22(14-16-23)26-25(28)17-27(24-12-8-9-19(2)20(24)3)32(29,30)18-21-10-6-5-7-11-21/h5-16H,4,17-18H2,1-3H3,(H,26,28). The van der Waals surface area contributed by atoms with Crippen molar-refractivity contribution in [3.05, 3.63) is 89.5 Å². The monoisotopic (exact) mass is 452 g/mol. The van der Waals surface area contributed by atoms with Crippen molar-refractivity contribution in [3.8, 4) is 5.75 Å². The fourth-order valence-electron chi connectivity index (χ4n) is 3.33. The number of nitrogens with one attached hydrogen (secondary N) is 1. The van der Waals surface area contributed by atoms with Crippen molar-refractivity contribution < 1.29 is 17.9 Å². The highest BCUT2D eigenvalue weighted by Crippen LogP contribution is 2.27. The lowest BCUT2D eigenvalue weighted by Crippen LogP contribution is -2.39. The van der Waals surface area contributed by atoms with E-state index in [2.05, 4.69) is 5.32 Å². The predicted octanol–water partition coefficient (Wildman–Crippen LogP) is 4.68. The molecule has 0 aliphatic rings. The Morgan fingerprint density at radius 3 is 2.28 bits per heavy atom. The van der Waals surface area contributed by atoms with Crippen LogP contribution in [-0.2, 0) is 20.6 Å². The number of anilines is 2. The average molecular weight is 453 g/mol. The minimum atomic E-state index is -3.82. The molecule has 0 spiro atoms. The third-order valence-electron chi connectivity index (χ3n) is 5.11. The molecule has 32 heavy (non-hydrogen) atoms. The first kappa shape index (κ1) is 23.3. The molecule has 3 rings (SSSR count). The molecule has 1 N–H and O–H groups in total. The lowest BCUT2D eigenvalue weighted by molar-refractivity contribution is -0.114. The lowest BCUT2D eigenvalue weighted by atomic mass is 10.1. The first-order valence-corrected chi connectivity index (χ1v) is 12.0. The zero-order valence-corrected chi connectivity index (χ0v) is 19.4. The number of amides is 1. The number of nitrogens with zero attached hydrogens (tertiary/aromatic N) is 1. The molecule has 0 bridgehead atoms. The lowest BCUT2D eigenvalue weighted by Gasteiger charge is -2.26. The highest BCUT2D eigenvalue weighted by Gasteiger charge is 2.27. The second-order valence-electron chi connectivity index (χ2n) is 7.47. The summed E-state index contributed by atoms with van der Waals surface area (Å²) >= 11 is 0. The maximum atomic E-state index is 13.4. The maximum Gasteiger partial charge on any atom is 0.245 e. The van der Waals surface area contributed by atoms with E-state index in [9.17, 15) is 13.2 Å². The van der Waals surface area contributed by atoms with Gasteiger partial charge in [0.05, 0.1) is 18.0 Å². The summed E-state index contributed by atoms with van der Waals surface area (Å²) in [4.78, 5) is 12.9. The van der Waals surface area contributed by atoms with Gasteiger partial charge >= 0.3 is 0 Å². The Bertz CT molecular complexity index is 1160. The summed E-state index contributed by atoms with van der Waals surface area (Å²) in [5.74, 6) is 0.0806. The number of carbonyl (C=O) groups excluding carboxylic acids is 1. The van der Waals surface area contributed by atoms with Crippen LogP contribution in [0.4, 0.5) is 11.4 Å². The van der Waals surface area contributed by atoms with Gasteiger partial charge in [-0.1, -0.05) is 42.5 Å². The van der Waals surface area contributed by atoms with Gasteiger partial charge in [-0.15, -0.1) is 0 Å². The average Bonchev–Trinajstić information content (AvgIpc) is 2.76. The van der Waals surface area contributed by atoms with Crippen molar-refractivity contribution in [3.63, 3.8) is 0 Å². The van der Waals surface area contributed by atoms with Crippen molar-refractivity contribution in [1.29, 1.82) is 0 Å². The Morgan fingerprint density at radius 2 is 1.62 bits per heavy atom. The van der Waals surface area contributed by atoms with Crippen LogP contribution in [0, 0.1) is 13.8 Å². The normalized spacial score (nSPS) is 11.1. The second-order valence-corrected chi connectivity index (χ2v) is 9.37. The number of carbonyl (C=O) groups is 1. The van der Waals surface area contributed by atoms with E-state index in [0.717, 1.165) is 11.1 Å². The largest absolute Gasteiger partial charge is 0.494 e. The van der Waals surface area contributed by atoms with Crippen LogP contribution in [0.1, 0.15) is 23.6 Å². The van der Waals surface area contributed by atoms with Crippen molar-refractivity contribution in [2.45, 2.75) is 26.5 Å². The van der Waals surface area contributed by atoms with Crippen LogP contribution in [0.3, 0.4) is 0 Å². The molecule has 3 aromatic carbocycles. The molecule has 0 heterocycles. The molecule has 168 valence electrons. The van der Waals surface area contributed by atoms with Crippen molar-refractivity contribution in [2.24, 2.45) is 0 Å². The molecule has 0 fully saturated rings. The Hall–Kier alpha value is -3.32. The minimum absolute atomic E-state index is 0.197. The van der Waals surface area contributed by atoms with E-state index in [4.69, 9.17) is 4.74 Å². The highest BCUT2D eigenvalue weighted by molar-refractivity contribution is 7.92. The quantitative estimate of drug-likeness (QED) is 0.512. The van der Waals surface area contributed by atoms with Gasteiger partial charge < -0.3 is 10.1 Å². The van der Waals surface area contributed by atoms with Gasteiger partial charge in [-0.25, -0.2) is 8.42 Å². The van der Waals surface area contributed by atoms with Crippen molar-refractivity contribution in [2.75, 3.05) is 22.8 Å². The summed E-state index contributed by atoms with van der Waals surface area (Å²) in [6, 6.07) is 21.4. The summed E-state index contributed by atoms with van der Waals surface area (Å²) in [7, 11) is -3.82. The second kappa shape index (κ2) is 10.3. The zero-order valence-electron chi connectivity index (χ0n) is 18.5. The van der Waals surface area contributed by atoms with Crippen LogP contribution in [0.2, 0.25) is 0 Å². The van der Waals surface area contributed by atoms with E-state index < -0.39 is 15.9 Å². The molecule has 0 aromatic heterocycles. The summed E-state index contributed by atoms with van der Waals surface area (Å²) in [5, 5.41) is 2.78. The Kier molecular flexibility index (Phi) is 7.53. The van der Waals surface area contributed by atoms with E-state index in [0.29, 0.717) is 29.3 Å². The SMILES string of the molecule is CCOc1ccc(NC(=O)CN(c2cccc(C)c2C)S(=O)(=O)Cc2ccccc2)cc1. The number of benzene rings is 3. The topological polar surface area (TPSA) is 75.7 Å². The van der Waals surface area contributed by atoms with Gasteiger partial charge in [-0.3, -0.25) is 9.10 Å². The van der Waals surface area contributed by atoms with Gasteiger partial charge in [0.1, 0.15) is 12.3 Å². The van der Waals surface area contributed by atoms with Crippen molar-refractivity contribution >= 4 is 27.3 Å². The molecule has 3 aromatic rings. The van der Waals surface area contributed by atoms with Gasteiger partial charge in [0.2, 0.25) is 15.9 Å². The van der Waals surface area contributed by atoms with E-state index in [1.54, 1.807) is 60.7 Å². The molecule has 0 saturated carbocycles. The molecule has 0 saturated heterocycles. The number of hydrogen-bond acceptors (Lipinski definition) is 4.